The molecule has 0 bridgehead atoms. The summed E-state index contributed by atoms with van der Waals surface area (Å²) < 4.78 is 0. The molecule has 22 heavy (non-hydrogen) atoms. The van der Waals surface area contributed by atoms with Crippen molar-refractivity contribution in [3.63, 3.8) is 0 Å². The zero-order valence-electron chi connectivity index (χ0n) is 13.3. The van der Waals surface area contributed by atoms with Gasteiger partial charge in [0.25, 0.3) is 0 Å². The molecule has 0 N–H and O–H groups in total. The molecule has 2 aromatic rings. The van der Waals surface area contributed by atoms with Gasteiger partial charge in [-0.3, -0.25) is 9.59 Å². The van der Waals surface area contributed by atoms with Crippen LogP contribution in [0.4, 0.5) is 0 Å². The van der Waals surface area contributed by atoms with E-state index < -0.39 is 0 Å². The second kappa shape index (κ2) is 5.53. The molecule has 0 spiro atoms. The van der Waals surface area contributed by atoms with Gasteiger partial charge < -0.3 is 0 Å². The average molecular weight is 292 g/mol. The van der Waals surface area contributed by atoms with E-state index in [4.69, 9.17) is 0 Å². The maximum atomic E-state index is 12.9. The fraction of sp³-hybridized carbons (Fsp3) is 0.300. The number of carbonyl (C=O) groups is 2. The van der Waals surface area contributed by atoms with Gasteiger partial charge in [-0.1, -0.05) is 49.7 Å². The van der Waals surface area contributed by atoms with Crippen LogP contribution in [0.15, 0.2) is 36.4 Å². The number of fused-ring (bicyclic) bond motifs is 2. The standard InChI is InChI=1S/C20H20O2/c1-12(2)8-9-14-10-13(3)11-17-18(14)20(22)16-7-5-4-6-15(16)19(17)21/h4-7,10-12H,8-9H2,1-3H3. The second-order valence-corrected chi connectivity index (χ2v) is 6.48. The molecule has 1 aliphatic carbocycles. The van der Waals surface area contributed by atoms with Crippen LogP contribution in [0.2, 0.25) is 0 Å². The van der Waals surface area contributed by atoms with Crippen LogP contribution in [0.3, 0.4) is 0 Å². The van der Waals surface area contributed by atoms with E-state index in [1.807, 2.05) is 25.1 Å². The van der Waals surface area contributed by atoms with Gasteiger partial charge in [0.15, 0.2) is 11.6 Å². The molecule has 0 aliphatic heterocycles. The molecule has 112 valence electrons. The third-order valence-corrected chi connectivity index (χ3v) is 4.24. The Morgan fingerprint density at radius 2 is 1.55 bits per heavy atom. The first-order chi connectivity index (χ1) is 10.5. The van der Waals surface area contributed by atoms with E-state index in [-0.39, 0.29) is 11.6 Å². The fourth-order valence-electron chi connectivity index (χ4n) is 3.11. The van der Waals surface area contributed by atoms with E-state index >= 15 is 0 Å². The molecule has 1 aliphatic rings. The molecule has 2 aromatic carbocycles. The van der Waals surface area contributed by atoms with Crippen molar-refractivity contribution in [2.24, 2.45) is 5.92 Å². The van der Waals surface area contributed by atoms with E-state index in [0.29, 0.717) is 28.2 Å². The summed E-state index contributed by atoms with van der Waals surface area (Å²) in [6.07, 6.45) is 1.85. The second-order valence-electron chi connectivity index (χ2n) is 6.48. The maximum absolute atomic E-state index is 12.9. The summed E-state index contributed by atoms with van der Waals surface area (Å²) in [5, 5.41) is 0. The summed E-state index contributed by atoms with van der Waals surface area (Å²) in [7, 11) is 0. The van der Waals surface area contributed by atoms with Crippen LogP contribution >= 0.6 is 0 Å². The lowest BCUT2D eigenvalue weighted by Gasteiger charge is -2.21. The topological polar surface area (TPSA) is 34.1 Å². The molecular weight excluding hydrogens is 272 g/mol. The zero-order valence-corrected chi connectivity index (χ0v) is 13.3. The number of carbonyl (C=O) groups excluding carboxylic acids is 2. The molecular formula is C20H20O2. The van der Waals surface area contributed by atoms with Gasteiger partial charge in [0.2, 0.25) is 0 Å². The minimum atomic E-state index is -0.0281. The van der Waals surface area contributed by atoms with Crippen LogP contribution in [-0.4, -0.2) is 11.6 Å². The molecule has 2 nitrogen and oxygen atoms in total. The number of hydrogen-bond acceptors (Lipinski definition) is 2. The summed E-state index contributed by atoms with van der Waals surface area (Å²) >= 11 is 0. The first-order valence-corrected chi connectivity index (χ1v) is 7.81. The zero-order chi connectivity index (χ0) is 15.9. The highest BCUT2D eigenvalue weighted by Crippen LogP contribution is 2.31. The van der Waals surface area contributed by atoms with Crippen molar-refractivity contribution in [2.45, 2.75) is 33.6 Å². The average Bonchev–Trinajstić information content (AvgIpc) is 2.50. The smallest absolute Gasteiger partial charge is 0.194 e. The quantitative estimate of drug-likeness (QED) is 0.719. The van der Waals surface area contributed by atoms with Gasteiger partial charge in [-0.25, -0.2) is 0 Å². The van der Waals surface area contributed by atoms with Crippen molar-refractivity contribution in [3.8, 4) is 0 Å². The lowest BCUT2D eigenvalue weighted by atomic mass is 9.80. The predicted molar refractivity (Wildman–Crippen MR) is 87.6 cm³/mol. The summed E-state index contributed by atoms with van der Waals surface area (Å²) in [5.74, 6) is 0.529. The van der Waals surface area contributed by atoms with Gasteiger partial charge in [0.1, 0.15) is 0 Å². The number of hydrogen-bond donors (Lipinski definition) is 0. The lowest BCUT2D eigenvalue weighted by Crippen LogP contribution is -2.23. The SMILES string of the molecule is Cc1cc(CCC(C)C)c2c(c1)C(=O)c1ccccc1C2=O. The van der Waals surface area contributed by atoms with Crippen LogP contribution in [-0.2, 0) is 6.42 Å². The summed E-state index contributed by atoms with van der Waals surface area (Å²) in [6.45, 7) is 6.33. The van der Waals surface area contributed by atoms with Crippen LogP contribution in [0, 0.1) is 12.8 Å². The molecule has 0 radical (unpaired) electrons. The van der Waals surface area contributed by atoms with Crippen LogP contribution in [0.1, 0.15) is 63.2 Å². The first kappa shape index (κ1) is 14.7. The molecule has 0 unspecified atom stereocenters. The molecule has 0 fully saturated rings. The summed E-state index contributed by atoms with van der Waals surface area (Å²) in [4.78, 5) is 25.6. The molecule has 0 heterocycles. The van der Waals surface area contributed by atoms with Crippen molar-refractivity contribution in [3.05, 3.63) is 69.8 Å². The number of benzene rings is 2. The summed E-state index contributed by atoms with van der Waals surface area (Å²) in [6, 6.07) is 11.0. The molecule has 0 saturated heterocycles. The van der Waals surface area contributed by atoms with Gasteiger partial charge in [0, 0.05) is 22.3 Å². The normalized spacial score (nSPS) is 13.3. The van der Waals surface area contributed by atoms with Crippen molar-refractivity contribution in [1.29, 1.82) is 0 Å². The van der Waals surface area contributed by atoms with Gasteiger partial charge in [0.05, 0.1) is 0 Å². The maximum Gasteiger partial charge on any atom is 0.194 e. The largest absolute Gasteiger partial charge is 0.289 e. The van der Waals surface area contributed by atoms with Crippen molar-refractivity contribution >= 4 is 11.6 Å². The van der Waals surface area contributed by atoms with Crippen LogP contribution in [0.5, 0.6) is 0 Å². The fourth-order valence-corrected chi connectivity index (χ4v) is 3.11. The van der Waals surface area contributed by atoms with Crippen LogP contribution < -0.4 is 0 Å². The van der Waals surface area contributed by atoms with Crippen LogP contribution in [0.25, 0.3) is 0 Å². The van der Waals surface area contributed by atoms with Gasteiger partial charge >= 0.3 is 0 Å². The Balaban J connectivity index is 2.17. The Morgan fingerprint density at radius 3 is 2.18 bits per heavy atom. The van der Waals surface area contributed by atoms with E-state index in [2.05, 4.69) is 19.9 Å². The first-order valence-electron chi connectivity index (χ1n) is 7.81. The Labute approximate surface area is 131 Å². The Morgan fingerprint density at radius 1 is 0.909 bits per heavy atom. The highest BCUT2D eigenvalue weighted by molar-refractivity contribution is 6.28. The Bertz CT molecular complexity index is 769. The van der Waals surface area contributed by atoms with Gasteiger partial charge in [-0.2, -0.15) is 0 Å². The lowest BCUT2D eigenvalue weighted by molar-refractivity contribution is 0.0978. The van der Waals surface area contributed by atoms with E-state index in [1.54, 1.807) is 12.1 Å². The van der Waals surface area contributed by atoms with E-state index in [9.17, 15) is 9.59 Å². The van der Waals surface area contributed by atoms with E-state index in [0.717, 1.165) is 24.0 Å². The minimum Gasteiger partial charge on any atom is -0.289 e. The summed E-state index contributed by atoms with van der Waals surface area (Å²) in [5.41, 5.74) is 4.31. The molecule has 2 heteroatoms. The minimum absolute atomic E-state index is 0.0102. The highest BCUT2D eigenvalue weighted by Gasteiger charge is 2.31. The monoisotopic (exact) mass is 292 g/mol. The number of rotatable bonds is 3. The highest BCUT2D eigenvalue weighted by atomic mass is 16.1. The predicted octanol–water partition coefficient (Wildman–Crippen LogP) is 4.36. The number of ketones is 2. The number of aryl methyl sites for hydroxylation is 2. The van der Waals surface area contributed by atoms with Gasteiger partial charge in [-0.05, 0) is 37.3 Å². The molecule has 0 aromatic heterocycles. The molecule has 3 rings (SSSR count). The van der Waals surface area contributed by atoms with E-state index in [1.165, 1.54) is 0 Å². The Kier molecular flexibility index (Phi) is 3.69. The molecule has 0 amide bonds. The van der Waals surface area contributed by atoms with Crippen molar-refractivity contribution in [2.75, 3.05) is 0 Å². The van der Waals surface area contributed by atoms with Crippen molar-refractivity contribution in [1.82, 2.24) is 0 Å². The Hall–Kier alpha value is -2.22. The van der Waals surface area contributed by atoms with Crippen molar-refractivity contribution < 1.29 is 9.59 Å². The molecule has 0 saturated carbocycles. The third kappa shape index (κ3) is 2.39. The third-order valence-electron chi connectivity index (χ3n) is 4.24. The molecule has 0 atom stereocenters. The van der Waals surface area contributed by atoms with Gasteiger partial charge in [-0.15, -0.1) is 0 Å².